The lowest BCUT2D eigenvalue weighted by molar-refractivity contribution is -0.00700. The van der Waals surface area contributed by atoms with E-state index >= 15 is 0 Å². The second kappa shape index (κ2) is 4.81. The smallest absolute Gasteiger partial charge is 0.110 e. The molecule has 4 aliphatic carbocycles. The van der Waals surface area contributed by atoms with E-state index in [1.54, 1.807) is 0 Å². The van der Waals surface area contributed by atoms with Crippen LogP contribution in [0.1, 0.15) is 75.0 Å². The molecule has 1 atom stereocenters. The van der Waals surface area contributed by atoms with Crippen molar-refractivity contribution in [2.75, 3.05) is 0 Å². The van der Waals surface area contributed by atoms with Gasteiger partial charge in [-0.05, 0) is 62.7 Å². The average molecular weight is 290 g/mol. The van der Waals surface area contributed by atoms with Crippen molar-refractivity contribution >= 4 is 11.3 Å². The summed E-state index contributed by atoms with van der Waals surface area (Å²) < 4.78 is 0. The average Bonchev–Trinajstić information content (AvgIpc) is 2.87. The second-order valence-electron chi connectivity index (χ2n) is 7.66. The van der Waals surface area contributed by atoms with E-state index in [4.69, 9.17) is 10.7 Å². The molecule has 1 unspecified atom stereocenters. The van der Waals surface area contributed by atoms with Crippen LogP contribution in [-0.4, -0.2) is 4.98 Å². The number of hydrogen-bond donors (Lipinski definition) is 1. The van der Waals surface area contributed by atoms with Gasteiger partial charge in [0.15, 0.2) is 0 Å². The maximum Gasteiger partial charge on any atom is 0.110 e. The fourth-order valence-electron chi connectivity index (χ4n) is 5.56. The van der Waals surface area contributed by atoms with E-state index < -0.39 is 0 Å². The molecule has 2 nitrogen and oxygen atoms in total. The van der Waals surface area contributed by atoms with Crippen LogP contribution in [0.5, 0.6) is 0 Å². The third-order valence-electron chi connectivity index (χ3n) is 6.02. The molecule has 110 valence electrons. The van der Waals surface area contributed by atoms with Crippen molar-refractivity contribution in [3.63, 3.8) is 0 Å². The van der Waals surface area contributed by atoms with Gasteiger partial charge in [0.05, 0.1) is 11.7 Å². The normalized spacial score (nSPS) is 40.2. The molecule has 1 aromatic rings. The van der Waals surface area contributed by atoms with Crippen LogP contribution in [0.3, 0.4) is 0 Å². The van der Waals surface area contributed by atoms with Crippen LogP contribution >= 0.6 is 11.3 Å². The Morgan fingerprint density at radius 1 is 1.25 bits per heavy atom. The van der Waals surface area contributed by atoms with Gasteiger partial charge in [0.25, 0.3) is 0 Å². The third-order valence-corrected chi connectivity index (χ3v) is 7.00. The lowest BCUT2D eigenvalue weighted by atomic mass is 9.49. The molecule has 0 saturated heterocycles. The van der Waals surface area contributed by atoms with Crippen molar-refractivity contribution in [2.24, 2.45) is 23.5 Å². The van der Waals surface area contributed by atoms with Gasteiger partial charge in [0, 0.05) is 10.8 Å². The molecule has 4 fully saturated rings. The topological polar surface area (TPSA) is 38.9 Å². The first-order valence-corrected chi connectivity index (χ1v) is 9.28. The van der Waals surface area contributed by atoms with E-state index in [0.29, 0.717) is 5.41 Å². The molecule has 4 bridgehead atoms. The minimum Gasteiger partial charge on any atom is -0.322 e. The highest BCUT2D eigenvalue weighted by molar-refractivity contribution is 7.09. The molecule has 0 radical (unpaired) electrons. The first-order valence-electron chi connectivity index (χ1n) is 8.40. The zero-order valence-corrected chi connectivity index (χ0v) is 13.3. The Kier molecular flexibility index (Phi) is 3.19. The Morgan fingerprint density at radius 3 is 2.40 bits per heavy atom. The lowest BCUT2D eigenvalue weighted by Crippen LogP contribution is -2.48. The van der Waals surface area contributed by atoms with Crippen molar-refractivity contribution in [1.82, 2.24) is 4.98 Å². The summed E-state index contributed by atoms with van der Waals surface area (Å²) in [5.41, 5.74) is 8.10. The summed E-state index contributed by atoms with van der Waals surface area (Å²) in [7, 11) is 0. The van der Waals surface area contributed by atoms with Gasteiger partial charge in [-0.1, -0.05) is 13.3 Å². The molecule has 0 amide bonds. The van der Waals surface area contributed by atoms with Gasteiger partial charge in [-0.2, -0.15) is 0 Å². The minimum absolute atomic E-state index is 0.160. The number of nitrogens with two attached hydrogens (primary N) is 1. The molecule has 4 aliphatic rings. The van der Waals surface area contributed by atoms with Gasteiger partial charge in [-0.15, -0.1) is 11.3 Å². The molecule has 5 rings (SSSR count). The fourth-order valence-corrected chi connectivity index (χ4v) is 6.54. The van der Waals surface area contributed by atoms with Gasteiger partial charge in [0.2, 0.25) is 0 Å². The summed E-state index contributed by atoms with van der Waals surface area (Å²) in [6.45, 7) is 2.20. The van der Waals surface area contributed by atoms with Gasteiger partial charge in [0.1, 0.15) is 5.01 Å². The Morgan fingerprint density at radius 2 is 1.85 bits per heavy atom. The Balaban J connectivity index is 1.61. The van der Waals surface area contributed by atoms with Crippen molar-refractivity contribution in [2.45, 2.75) is 69.7 Å². The molecular formula is C17H26N2S. The zero-order valence-electron chi connectivity index (χ0n) is 12.5. The van der Waals surface area contributed by atoms with E-state index in [2.05, 4.69) is 12.3 Å². The van der Waals surface area contributed by atoms with E-state index in [1.165, 1.54) is 49.2 Å². The van der Waals surface area contributed by atoms with E-state index in [1.807, 2.05) is 11.3 Å². The summed E-state index contributed by atoms with van der Waals surface area (Å²) in [5, 5.41) is 3.52. The van der Waals surface area contributed by atoms with Crippen LogP contribution in [-0.2, 0) is 5.41 Å². The highest BCUT2D eigenvalue weighted by Gasteiger charge is 2.52. The van der Waals surface area contributed by atoms with Crippen LogP contribution in [0.4, 0.5) is 0 Å². The Labute approximate surface area is 126 Å². The van der Waals surface area contributed by atoms with Gasteiger partial charge in [-0.3, -0.25) is 0 Å². The molecule has 0 aliphatic heterocycles. The lowest BCUT2D eigenvalue weighted by Gasteiger charge is -2.56. The van der Waals surface area contributed by atoms with Crippen molar-refractivity contribution in [1.29, 1.82) is 0 Å². The summed E-state index contributed by atoms with van der Waals surface area (Å²) in [4.78, 5) is 5.01. The Bertz CT molecular complexity index is 458. The quantitative estimate of drug-likeness (QED) is 0.892. The molecule has 1 aromatic heterocycles. The molecule has 0 spiro atoms. The van der Waals surface area contributed by atoms with E-state index in [9.17, 15) is 0 Å². The van der Waals surface area contributed by atoms with E-state index in [0.717, 1.165) is 30.6 Å². The van der Waals surface area contributed by atoms with Crippen molar-refractivity contribution < 1.29 is 0 Å². The molecule has 3 heteroatoms. The van der Waals surface area contributed by atoms with Crippen LogP contribution < -0.4 is 5.73 Å². The monoisotopic (exact) mass is 290 g/mol. The number of aromatic nitrogens is 1. The van der Waals surface area contributed by atoms with Crippen LogP contribution in [0.2, 0.25) is 0 Å². The van der Waals surface area contributed by atoms with Gasteiger partial charge in [-0.25, -0.2) is 4.98 Å². The standard InChI is InChI=1S/C17H26N2S/c1-2-3-14(18)16-19-15(10-20-16)17-7-11-4-12(8-17)6-13(5-11)9-17/h10-14H,2-9,18H2,1H3. The number of nitrogens with zero attached hydrogens (tertiary/aromatic N) is 1. The predicted molar refractivity (Wildman–Crippen MR) is 83.8 cm³/mol. The molecule has 1 heterocycles. The van der Waals surface area contributed by atoms with Crippen LogP contribution in [0, 0.1) is 17.8 Å². The van der Waals surface area contributed by atoms with Crippen molar-refractivity contribution in [3.05, 3.63) is 16.1 Å². The SMILES string of the molecule is CCCC(N)c1nc(C23CC4CC(CC(C4)C2)C3)cs1. The molecule has 4 saturated carbocycles. The molecule has 0 aromatic carbocycles. The zero-order chi connectivity index (χ0) is 13.7. The highest BCUT2D eigenvalue weighted by atomic mass is 32.1. The van der Waals surface area contributed by atoms with Crippen LogP contribution in [0.15, 0.2) is 5.38 Å². The number of thiazole rings is 1. The second-order valence-corrected chi connectivity index (χ2v) is 8.55. The first kappa shape index (κ1) is 13.3. The fraction of sp³-hybridized carbons (Fsp3) is 0.824. The molecule has 2 N–H and O–H groups in total. The van der Waals surface area contributed by atoms with E-state index in [-0.39, 0.29) is 6.04 Å². The first-order chi connectivity index (χ1) is 9.68. The van der Waals surface area contributed by atoms with Crippen molar-refractivity contribution in [3.8, 4) is 0 Å². The Hall–Kier alpha value is -0.410. The van der Waals surface area contributed by atoms with Gasteiger partial charge < -0.3 is 5.73 Å². The predicted octanol–water partition coefficient (Wildman–Crippen LogP) is 4.41. The molecular weight excluding hydrogens is 264 g/mol. The summed E-state index contributed by atoms with van der Waals surface area (Å²) >= 11 is 1.81. The molecule has 20 heavy (non-hydrogen) atoms. The highest BCUT2D eigenvalue weighted by Crippen LogP contribution is 2.60. The summed E-state index contributed by atoms with van der Waals surface area (Å²) in [6, 6.07) is 0.160. The summed E-state index contributed by atoms with van der Waals surface area (Å²) in [5.74, 6) is 2.99. The maximum absolute atomic E-state index is 6.26. The maximum atomic E-state index is 6.26. The minimum atomic E-state index is 0.160. The summed E-state index contributed by atoms with van der Waals surface area (Å²) in [6.07, 6.45) is 11.0. The largest absolute Gasteiger partial charge is 0.322 e. The van der Waals surface area contributed by atoms with Crippen LogP contribution in [0.25, 0.3) is 0 Å². The van der Waals surface area contributed by atoms with Gasteiger partial charge >= 0.3 is 0 Å². The third kappa shape index (κ3) is 2.05. The number of rotatable bonds is 4. The number of hydrogen-bond acceptors (Lipinski definition) is 3.